The normalized spacial score (nSPS) is 10.8. The Morgan fingerprint density at radius 2 is 1.89 bits per heavy atom. The standard InChI is InChI=1S/C20H17FN4O3/c1-13-19(24-20(28-13)17-8-7-16(26-2)9-18(17)21)10-27-15-5-3-14(4-6-15)25-12-22-11-23-25/h3-9,11-12H,10H2,1-2H3. The van der Waals surface area contributed by atoms with Crippen LogP contribution >= 0.6 is 0 Å². The lowest BCUT2D eigenvalue weighted by atomic mass is 10.2. The van der Waals surface area contributed by atoms with E-state index in [1.807, 2.05) is 24.3 Å². The Morgan fingerprint density at radius 1 is 1.11 bits per heavy atom. The fourth-order valence-electron chi connectivity index (χ4n) is 2.66. The van der Waals surface area contributed by atoms with Crippen LogP contribution in [0.25, 0.3) is 17.1 Å². The third-order valence-electron chi connectivity index (χ3n) is 4.19. The molecule has 4 aromatic rings. The molecule has 0 N–H and O–H groups in total. The number of halogens is 1. The molecule has 0 saturated heterocycles. The summed E-state index contributed by atoms with van der Waals surface area (Å²) < 4.78 is 32.3. The number of aromatic nitrogens is 4. The fraction of sp³-hybridized carbons (Fsp3) is 0.150. The van der Waals surface area contributed by atoms with Gasteiger partial charge in [-0.25, -0.2) is 19.0 Å². The predicted octanol–water partition coefficient (Wildman–Crippen LogP) is 3.96. The van der Waals surface area contributed by atoms with E-state index in [-0.39, 0.29) is 18.1 Å². The number of methoxy groups -OCH3 is 1. The largest absolute Gasteiger partial charge is 0.497 e. The molecule has 0 spiro atoms. The minimum absolute atomic E-state index is 0.204. The van der Waals surface area contributed by atoms with Gasteiger partial charge in [-0.15, -0.1) is 0 Å². The first-order valence-electron chi connectivity index (χ1n) is 8.52. The molecule has 0 saturated carbocycles. The Morgan fingerprint density at radius 3 is 2.57 bits per heavy atom. The molecule has 0 aliphatic rings. The Labute approximate surface area is 160 Å². The zero-order valence-electron chi connectivity index (χ0n) is 15.3. The fourth-order valence-corrected chi connectivity index (χ4v) is 2.66. The molecule has 0 aliphatic heterocycles. The summed E-state index contributed by atoms with van der Waals surface area (Å²) in [5, 5.41) is 4.07. The Bertz CT molecular complexity index is 1080. The number of oxazole rings is 1. The van der Waals surface area contributed by atoms with Crippen LogP contribution in [0.5, 0.6) is 11.5 Å². The Kier molecular flexibility index (Phi) is 4.76. The number of aryl methyl sites for hydroxylation is 1. The molecule has 4 rings (SSSR count). The van der Waals surface area contributed by atoms with Crippen LogP contribution < -0.4 is 9.47 Å². The van der Waals surface area contributed by atoms with Crippen molar-refractivity contribution in [1.29, 1.82) is 0 Å². The lowest BCUT2D eigenvalue weighted by molar-refractivity contribution is 0.299. The second-order valence-corrected chi connectivity index (χ2v) is 5.99. The van der Waals surface area contributed by atoms with Crippen molar-refractivity contribution >= 4 is 0 Å². The first-order chi connectivity index (χ1) is 13.6. The maximum Gasteiger partial charge on any atom is 0.229 e. The molecule has 7 nitrogen and oxygen atoms in total. The number of benzene rings is 2. The first-order valence-corrected chi connectivity index (χ1v) is 8.52. The van der Waals surface area contributed by atoms with E-state index in [9.17, 15) is 4.39 Å². The van der Waals surface area contributed by atoms with E-state index < -0.39 is 5.82 Å². The van der Waals surface area contributed by atoms with Gasteiger partial charge in [-0.1, -0.05) is 0 Å². The van der Waals surface area contributed by atoms with Crippen LogP contribution in [-0.2, 0) is 6.61 Å². The molecule has 142 valence electrons. The average Bonchev–Trinajstić information content (AvgIpc) is 3.37. The van der Waals surface area contributed by atoms with Crippen LogP contribution in [0, 0.1) is 12.7 Å². The van der Waals surface area contributed by atoms with E-state index in [0.29, 0.717) is 23.0 Å². The topological polar surface area (TPSA) is 75.2 Å². The molecular weight excluding hydrogens is 363 g/mol. The number of rotatable bonds is 6. The maximum atomic E-state index is 14.2. The van der Waals surface area contributed by atoms with Gasteiger partial charge in [0.25, 0.3) is 0 Å². The number of nitrogens with zero attached hydrogens (tertiary/aromatic N) is 4. The molecule has 8 heteroatoms. The van der Waals surface area contributed by atoms with Crippen molar-refractivity contribution in [2.45, 2.75) is 13.5 Å². The van der Waals surface area contributed by atoms with E-state index in [2.05, 4.69) is 15.1 Å². The molecule has 0 unspecified atom stereocenters. The van der Waals surface area contributed by atoms with Gasteiger partial charge in [-0.05, 0) is 43.3 Å². The second-order valence-electron chi connectivity index (χ2n) is 5.99. The van der Waals surface area contributed by atoms with Crippen molar-refractivity contribution in [2.24, 2.45) is 0 Å². The van der Waals surface area contributed by atoms with Gasteiger partial charge in [-0.3, -0.25) is 0 Å². The predicted molar refractivity (Wildman–Crippen MR) is 98.9 cm³/mol. The maximum absolute atomic E-state index is 14.2. The average molecular weight is 380 g/mol. The van der Waals surface area contributed by atoms with Crippen LogP contribution in [0.4, 0.5) is 4.39 Å². The first kappa shape index (κ1) is 17.7. The summed E-state index contributed by atoms with van der Waals surface area (Å²) in [6.07, 6.45) is 3.09. The molecular formula is C20H17FN4O3. The van der Waals surface area contributed by atoms with Crippen molar-refractivity contribution in [3.8, 4) is 28.6 Å². The highest BCUT2D eigenvalue weighted by molar-refractivity contribution is 5.56. The minimum Gasteiger partial charge on any atom is -0.497 e. The highest BCUT2D eigenvalue weighted by atomic mass is 19.1. The minimum atomic E-state index is -0.461. The highest BCUT2D eigenvalue weighted by Gasteiger charge is 2.16. The van der Waals surface area contributed by atoms with Crippen molar-refractivity contribution in [3.63, 3.8) is 0 Å². The van der Waals surface area contributed by atoms with Gasteiger partial charge in [0, 0.05) is 6.07 Å². The summed E-state index contributed by atoms with van der Waals surface area (Å²) in [5.74, 6) is 1.42. The molecule has 28 heavy (non-hydrogen) atoms. The van der Waals surface area contributed by atoms with Gasteiger partial charge in [0.2, 0.25) is 5.89 Å². The quantitative estimate of drug-likeness (QED) is 0.504. The zero-order valence-corrected chi connectivity index (χ0v) is 15.3. The summed E-state index contributed by atoms with van der Waals surface area (Å²) in [7, 11) is 1.48. The van der Waals surface area contributed by atoms with Crippen LogP contribution in [0.2, 0.25) is 0 Å². The van der Waals surface area contributed by atoms with Crippen molar-refractivity contribution in [1.82, 2.24) is 19.7 Å². The van der Waals surface area contributed by atoms with Crippen LogP contribution in [0.1, 0.15) is 11.5 Å². The second kappa shape index (κ2) is 7.51. The third-order valence-corrected chi connectivity index (χ3v) is 4.19. The van der Waals surface area contributed by atoms with Gasteiger partial charge < -0.3 is 13.9 Å². The van der Waals surface area contributed by atoms with Gasteiger partial charge in [-0.2, -0.15) is 5.10 Å². The van der Waals surface area contributed by atoms with Crippen molar-refractivity contribution in [3.05, 3.63) is 72.4 Å². The van der Waals surface area contributed by atoms with Crippen molar-refractivity contribution in [2.75, 3.05) is 7.11 Å². The van der Waals surface area contributed by atoms with Crippen LogP contribution in [0.3, 0.4) is 0 Å². The molecule has 0 amide bonds. The molecule has 2 heterocycles. The summed E-state index contributed by atoms with van der Waals surface area (Å²) in [4.78, 5) is 8.29. The number of hydrogen-bond acceptors (Lipinski definition) is 6. The van der Waals surface area contributed by atoms with Crippen molar-refractivity contribution < 1.29 is 18.3 Å². The van der Waals surface area contributed by atoms with Crippen LogP contribution in [0.15, 0.2) is 59.5 Å². The third kappa shape index (κ3) is 3.57. The number of ether oxygens (including phenoxy) is 2. The smallest absolute Gasteiger partial charge is 0.229 e. The molecule has 0 bridgehead atoms. The van der Waals surface area contributed by atoms with Gasteiger partial charge in [0.15, 0.2) is 0 Å². The molecule has 0 atom stereocenters. The summed E-state index contributed by atoms with van der Waals surface area (Å²) in [6, 6.07) is 11.9. The molecule has 2 aromatic heterocycles. The van der Waals surface area contributed by atoms with E-state index in [1.165, 1.54) is 19.5 Å². The lowest BCUT2D eigenvalue weighted by Crippen LogP contribution is -1.99. The molecule has 0 aliphatic carbocycles. The van der Waals surface area contributed by atoms with Gasteiger partial charge >= 0.3 is 0 Å². The number of hydrogen-bond donors (Lipinski definition) is 0. The molecule has 0 radical (unpaired) electrons. The Balaban J connectivity index is 1.47. The lowest BCUT2D eigenvalue weighted by Gasteiger charge is -2.06. The van der Waals surface area contributed by atoms with Crippen LogP contribution in [-0.4, -0.2) is 26.9 Å². The molecule has 0 fully saturated rings. The van der Waals surface area contributed by atoms with Gasteiger partial charge in [0.1, 0.15) is 48.0 Å². The van der Waals surface area contributed by atoms with Gasteiger partial charge in [0.05, 0.1) is 18.4 Å². The summed E-state index contributed by atoms with van der Waals surface area (Å²) in [5.41, 5.74) is 1.75. The van der Waals surface area contributed by atoms with E-state index in [4.69, 9.17) is 13.9 Å². The monoisotopic (exact) mass is 380 g/mol. The van der Waals surface area contributed by atoms with E-state index in [0.717, 1.165) is 5.69 Å². The van der Waals surface area contributed by atoms with E-state index in [1.54, 1.807) is 30.1 Å². The highest BCUT2D eigenvalue weighted by Crippen LogP contribution is 2.28. The van der Waals surface area contributed by atoms with E-state index >= 15 is 0 Å². The molecule has 2 aromatic carbocycles. The zero-order chi connectivity index (χ0) is 19.5. The SMILES string of the molecule is COc1ccc(-c2nc(COc3ccc(-n4cncn4)cc3)c(C)o2)c(F)c1. The summed E-state index contributed by atoms with van der Waals surface area (Å²) in [6.45, 7) is 1.97. The Hall–Kier alpha value is -3.68. The summed E-state index contributed by atoms with van der Waals surface area (Å²) >= 11 is 0.